The Morgan fingerprint density at radius 2 is 1.76 bits per heavy atom. The standard InChI is InChI=1S/C22H34N4O3/c27-20(19-7-6-18(24-21(19)28)16-25-10-4-5-11-25)23-17-22(8-2-1-3-9-22)26-12-14-29-15-13-26/h6-7H,1-5,8-17H2,(H,23,27)(H,24,28). The number of aromatic nitrogens is 1. The lowest BCUT2D eigenvalue weighted by atomic mass is 9.79. The van der Waals surface area contributed by atoms with Crippen molar-refractivity contribution in [3.8, 4) is 0 Å². The first-order valence-electron chi connectivity index (χ1n) is 11.2. The van der Waals surface area contributed by atoms with Crippen molar-refractivity contribution in [2.24, 2.45) is 0 Å². The number of likely N-dealkylation sites (tertiary alicyclic amines) is 1. The molecule has 7 heteroatoms. The van der Waals surface area contributed by atoms with Gasteiger partial charge in [0.15, 0.2) is 0 Å². The summed E-state index contributed by atoms with van der Waals surface area (Å²) in [5, 5.41) is 3.09. The number of nitrogens with one attached hydrogen (secondary N) is 2. The SMILES string of the molecule is O=C(NCC1(N2CCOCC2)CCCCC1)c1ccc(CN2CCCC2)[nH]c1=O. The van der Waals surface area contributed by atoms with Crippen molar-refractivity contribution in [3.05, 3.63) is 33.7 Å². The maximum atomic E-state index is 12.8. The van der Waals surface area contributed by atoms with Gasteiger partial charge in [-0.15, -0.1) is 0 Å². The Hall–Kier alpha value is -1.70. The lowest BCUT2D eigenvalue weighted by molar-refractivity contribution is -0.0361. The van der Waals surface area contributed by atoms with Crippen LogP contribution >= 0.6 is 0 Å². The second-order valence-corrected chi connectivity index (χ2v) is 8.78. The molecule has 1 saturated carbocycles. The summed E-state index contributed by atoms with van der Waals surface area (Å²) in [7, 11) is 0. The summed E-state index contributed by atoms with van der Waals surface area (Å²) in [5.74, 6) is -0.266. The van der Waals surface area contributed by atoms with Gasteiger partial charge >= 0.3 is 0 Å². The van der Waals surface area contributed by atoms with Crippen LogP contribution in [-0.2, 0) is 11.3 Å². The van der Waals surface area contributed by atoms with Crippen LogP contribution in [0, 0.1) is 0 Å². The molecule has 29 heavy (non-hydrogen) atoms. The van der Waals surface area contributed by atoms with Crippen LogP contribution in [0.2, 0.25) is 0 Å². The molecule has 1 aromatic rings. The third-order valence-corrected chi connectivity index (χ3v) is 6.85. The van der Waals surface area contributed by atoms with E-state index in [1.807, 2.05) is 6.07 Å². The summed E-state index contributed by atoms with van der Waals surface area (Å²) in [6.45, 7) is 6.85. The number of amides is 1. The fraction of sp³-hybridized carbons (Fsp3) is 0.727. The van der Waals surface area contributed by atoms with E-state index >= 15 is 0 Å². The van der Waals surface area contributed by atoms with Gasteiger partial charge in [0.25, 0.3) is 11.5 Å². The second kappa shape index (κ2) is 9.41. The summed E-state index contributed by atoms with van der Waals surface area (Å²) < 4.78 is 5.53. The highest BCUT2D eigenvalue weighted by atomic mass is 16.5. The largest absolute Gasteiger partial charge is 0.379 e. The monoisotopic (exact) mass is 402 g/mol. The van der Waals surface area contributed by atoms with E-state index < -0.39 is 0 Å². The number of hydrogen-bond acceptors (Lipinski definition) is 5. The van der Waals surface area contributed by atoms with E-state index in [2.05, 4.69) is 20.1 Å². The Labute approximate surface area is 172 Å². The number of aromatic amines is 1. The summed E-state index contributed by atoms with van der Waals surface area (Å²) in [6, 6.07) is 3.56. The molecule has 0 unspecified atom stereocenters. The van der Waals surface area contributed by atoms with Crippen LogP contribution in [0.3, 0.4) is 0 Å². The molecule has 0 aromatic carbocycles. The number of pyridine rings is 1. The van der Waals surface area contributed by atoms with E-state index in [4.69, 9.17) is 4.74 Å². The van der Waals surface area contributed by atoms with Gasteiger partial charge in [0, 0.05) is 37.4 Å². The van der Waals surface area contributed by atoms with E-state index in [0.29, 0.717) is 6.54 Å². The predicted octanol–water partition coefficient (Wildman–Crippen LogP) is 1.74. The quantitative estimate of drug-likeness (QED) is 0.758. The molecule has 1 aliphatic carbocycles. The highest BCUT2D eigenvalue weighted by Gasteiger charge is 2.39. The van der Waals surface area contributed by atoms with Gasteiger partial charge in [-0.3, -0.25) is 19.4 Å². The van der Waals surface area contributed by atoms with E-state index in [1.165, 1.54) is 32.1 Å². The molecule has 3 fully saturated rings. The molecule has 0 bridgehead atoms. The van der Waals surface area contributed by atoms with Crippen LogP contribution in [0.5, 0.6) is 0 Å². The van der Waals surface area contributed by atoms with Gasteiger partial charge in [0.1, 0.15) is 5.56 Å². The summed E-state index contributed by atoms with van der Waals surface area (Å²) in [4.78, 5) is 33.1. The number of nitrogens with zero attached hydrogens (tertiary/aromatic N) is 2. The van der Waals surface area contributed by atoms with Crippen LogP contribution in [-0.4, -0.2) is 72.2 Å². The number of rotatable bonds is 6. The zero-order valence-corrected chi connectivity index (χ0v) is 17.4. The zero-order valence-electron chi connectivity index (χ0n) is 17.4. The van der Waals surface area contributed by atoms with Crippen molar-refractivity contribution in [2.75, 3.05) is 45.9 Å². The minimum absolute atomic E-state index is 0.000145. The first-order valence-corrected chi connectivity index (χ1v) is 11.2. The maximum absolute atomic E-state index is 12.8. The van der Waals surface area contributed by atoms with Gasteiger partial charge in [-0.25, -0.2) is 0 Å². The van der Waals surface area contributed by atoms with Gasteiger partial charge in [0.05, 0.1) is 13.2 Å². The third kappa shape index (κ3) is 4.90. The van der Waals surface area contributed by atoms with Gasteiger partial charge in [-0.2, -0.15) is 0 Å². The lowest BCUT2D eigenvalue weighted by Gasteiger charge is -2.48. The van der Waals surface area contributed by atoms with Gasteiger partial charge in [-0.1, -0.05) is 19.3 Å². The van der Waals surface area contributed by atoms with E-state index in [9.17, 15) is 9.59 Å². The molecule has 1 amide bonds. The molecule has 0 spiro atoms. The summed E-state index contributed by atoms with van der Waals surface area (Å²) in [6.07, 6.45) is 8.28. The number of ether oxygens (including phenoxy) is 1. The fourth-order valence-electron chi connectivity index (χ4n) is 5.16. The molecule has 2 saturated heterocycles. The summed E-state index contributed by atoms with van der Waals surface area (Å²) >= 11 is 0. The smallest absolute Gasteiger partial charge is 0.261 e. The number of carbonyl (C=O) groups excluding carboxylic acids is 1. The molecule has 4 rings (SSSR count). The number of morpholine rings is 1. The fourth-order valence-corrected chi connectivity index (χ4v) is 5.16. The molecule has 1 aromatic heterocycles. The van der Waals surface area contributed by atoms with Crippen LogP contribution in [0.25, 0.3) is 0 Å². The molecule has 7 nitrogen and oxygen atoms in total. The van der Waals surface area contributed by atoms with Gasteiger partial charge in [0.2, 0.25) is 0 Å². The van der Waals surface area contributed by atoms with Crippen LogP contribution in [0.15, 0.2) is 16.9 Å². The van der Waals surface area contributed by atoms with Crippen molar-refractivity contribution in [1.29, 1.82) is 0 Å². The topological polar surface area (TPSA) is 77.7 Å². The van der Waals surface area contributed by atoms with Crippen molar-refractivity contribution >= 4 is 5.91 Å². The highest BCUT2D eigenvalue weighted by Crippen LogP contribution is 2.33. The van der Waals surface area contributed by atoms with Crippen molar-refractivity contribution in [1.82, 2.24) is 20.1 Å². The Morgan fingerprint density at radius 1 is 1.03 bits per heavy atom. The maximum Gasteiger partial charge on any atom is 0.261 e. The number of H-pyrrole nitrogens is 1. The van der Waals surface area contributed by atoms with Crippen molar-refractivity contribution in [2.45, 2.75) is 57.0 Å². The minimum atomic E-state index is -0.289. The van der Waals surface area contributed by atoms with Crippen LogP contribution < -0.4 is 10.9 Å². The zero-order chi connectivity index (χ0) is 20.1. The Balaban J connectivity index is 1.40. The summed E-state index contributed by atoms with van der Waals surface area (Å²) in [5.41, 5.74) is 0.803. The van der Waals surface area contributed by atoms with Gasteiger partial charge < -0.3 is 15.0 Å². The average Bonchev–Trinajstić information content (AvgIpc) is 3.26. The Bertz CT molecular complexity index is 745. The third-order valence-electron chi connectivity index (χ3n) is 6.85. The first-order chi connectivity index (χ1) is 14.2. The molecule has 2 aliphatic heterocycles. The van der Waals surface area contributed by atoms with Crippen molar-refractivity contribution < 1.29 is 9.53 Å². The molecule has 0 radical (unpaired) electrons. The first kappa shape index (κ1) is 20.6. The number of carbonyl (C=O) groups is 1. The lowest BCUT2D eigenvalue weighted by Crippen LogP contribution is -2.59. The molecule has 160 valence electrons. The Morgan fingerprint density at radius 3 is 2.45 bits per heavy atom. The normalized spacial score (nSPS) is 23.2. The number of hydrogen-bond donors (Lipinski definition) is 2. The predicted molar refractivity (Wildman–Crippen MR) is 112 cm³/mol. The molecule has 3 heterocycles. The average molecular weight is 403 g/mol. The molecule has 0 atom stereocenters. The van der Waals surface area contributed by atoms with E-state index in [1.54, 1.807) is 6.07 Å². The van der Waals surface area contributed by atoms with Crippen LogP contribution in [0.4, 0.5) is 0 Å². The van der Waals surface area contributed by atoms with Gasteiger partial charge in [-0.05, 0) is 50.9 Å². The molecular weight excluding hydrogens is 368 g/mol. The van der Waals surface area contributed by atoms with Crippen molar-refractivity contribution in [3.63, 3.8) is 0 Å². The molecule has 3 aliphatic rings. The Kier molecular flexibility index (Phi) is 6.67. The van der Waals surface area contributed by atoms with Crippen LogP contribution in [0.1, 0.15) is 61.0 Å². The second-order valence-electron chi connectivity index (χ2n) is 8.78. The molecular formula is C22H34N4O3. The van der Waals surface area contributed by atoms with E-state index in [0.717, 1.165) is 64.5 Å². The van der Waals surface area contributed by atoms with E-state index in [-0.39, 0.29) is 22.6 Å². The molecule has 2 N–H and O–H groups in total. The highest BCUT2D eigenvalue weighted by molar-refractivity contribution is 5.93. The minimum Gasteiger partial charge on any atom is -0.379 e.